The van der Waals surface area contributed by atoms with Crippen LogP contribution in [0.1, 0.15) is 31.1 Å². The molecule has 1 aliphatic carbocycles. The second-order valence-corrected chi connectivity index (χ2v) is 3.62. The summed E-state index contributed by atoms with van der Waals surface area (Å²) in [7, 11) is 1.56. The summed E-state index contributed by atoms with van der Waals surface area (Å²) in [4.78, 5) is 7.95. The van der Waals surface area contributed by atoms with Gasteiger partial charge in [0.05, 0.1) is 18.9 Å². The Kier molecular flexibility index (Phi) is 2.63. The molecule has 1 aliphatic rings. The molecule has 1 aromatic heterocycles. The summed E-state index contributed by atoms with van der Waals surface area (Å²) >= 11 is 0. The van der Waals surface area contributed by atoms with Gasteiger partial charge in [-0.3, -0.25) is 0 Å². The zero-order valence-corrected chi connectivity index (χ0v) is 8.18. The Bertz CT molecular complexity index is 313. The highest BCUT2D eigenvalue weighted by Gasteiger charge is 2.27. The van der Waals surface area contributed by atoms with Crippen molar-refractivity contribution in [1.29, 1.82) is 0 Å². The molecule has 1 fully saturated rings. The Morgan fingerprint density at radius 3 is 2.86 bits per heavy atom. The van der Waals surface area contributed by atoms with Gasteiger partial charge in [0.1, 0.15) is 6.33 Å². The van der Waals surface area contributed by atoms with Crippen LogP contribution < -0.4 is 4.74 Å². The molecular formula is C10H14N2O2. The Labute approximate surface area is 83.0 Å². The Morgan fingerprint density at radius 1 is 1.50 bits per heavy atom. The molecule has 0 spiro atoms. The van der Waals surface area contributed by atoms with Gasteiger partial charge in [-0.05, 0) is 18.8 Å². The third-order valence-electron chi connectivity index (χ3n) is 2.77. The molecule has 1 atom stereocenters. The van der Waals surface area contributed by atoms with Crippen molar-refractivity contribution in [2.24, 2.45) is 5.92 Å². The minimum Gasteiger partial charge on any atom is -0.481 e. The van der Waals surface area contributed by atoms with Gasteiger partial charge in [0.2, 0.25) is 5.88 Å². The number of ether oxygens (including phenoxy) is 1. The average molecular weight is 194 g/mol. The first-order valence-corrected chi connectivity index (χ1v) is 4.85. The predicted molar refractivity (Wildman–Crippen MR) is 50.9 cm³/mol. The molecule has 1 aromatic rings. The minimum absolute atomic E-state index is 0.370. The number of methoxy groups -OCH3 is 1. The van der Waals surface area contributed by atoms with Crippen molar-refractivity contribution in [3.05, 3.63) is 18.1 Å². The van der Waals surface area contributed by atoms with Crippen molar-refractivity contribution in [2.75, 3.05) is 7.11 Å². The summed E-state index contributed by atoms with van der Waals surface area (Å²) in [5.74, 6) is 0.878. The maximum absolute atomic E-state index is 9.91. The van der Waals surface area contributed by atoms with Crippen molar-refractivity contribution in [2.45, 2.75) is 25.4 Å². The lowest BCUT2D eigenvalue weighted by Gasteiger charge is -2.29. The molecule has 76 valence electrons. The molecule has 0 bridgehead atoms. The molecule has 0 aromatic carbocycles. The topological polar surface area (TPSA) is 55.2 Å². The normalized spacial score (nSPS) is 18.7. The van der Waals surface area contributed by atoms with Crippen molar-refractivity contribution in [1.82, 2.24) is 9.97 Å². The van der Waals surface area contributed by atoms with E-state index in [2.05, 4.69) is 9.97 Å². The second kappa shape index (κ2) is 3.92. The first-order chi connectivity index (χ1) is 6.81. The van der Waals surface area contributed by atoms with E-state index in [0.29, 0.717) is 17.5 Å². The van der Waals surface area contributed by atoms with Crippen LogP contribution in [0.5, 0.6) is 5.88 Å². The standard InChI is InChI=1S/C10H14N2O2/c1-14-9-5-8(11-6-12-9)10(13)7-3-2-4-7/h5-7,10,13H,2-4H2,1H3. The smallest absolute Gasteiger partial charge is 0.216 e. The summed E-state index contributed by atoms with van der Waals surface area (Å²) in [5.41, 5.74) is 0.668. The van der Waals surface area contributed by atoms with Crippen LogP contribution in [0.4, 0.5) is 0 Å². The summed E-state index contributed by atoms with van der Waals surface area (Å²) < 4.78 is 4.97. The lowest BCUT2D eigenvalue weighted by Crippen LogP contribution is -2.20. The maximum atomic E-state index is 9.91. The van der Waals surface area contributed by atoms with E-state index in [0.717, 1.165) is 12.8 Å². The summed E-state index contributed by atoms with van der Waals surface area (Å²) in [6.45, 7) is 0. The molecule has 0 saturated heterocycles. The predicted octanol–water partition coefficient (Wildman–Crippen LogP) is 1.32. The number of rotatable bonds is 3. The molecule has 2 rings (SSSR count). The molecule has 4 nitrogen and oxygen atoms in total. The van der Waals surface area contributed by atoms with Crippen LogP contribution in [0, 0.1) is 5.92 Å². The number of nitrogens with zero attached hydrogens (tertiary/aromatic N) is 2. The van der Waals surface area contributed by atoms with Crippen molar-refractivity contribution >= 4 is 0 Å². The van der Waals surface area contributed by atoms with E-state index in [9.17, 15) is 5.11 Å². The highest BCUT2D eigenvalue weighted by molar-refractivity contribution is 5.16. The van der Waals surface area contributed by atoms with E-state index < -0.39 is 6.10 Å². The number of hydrogen-bond donors (Lipinski definition) is 1. The molecule has 0 amide bonds. The van der Waals surface area contributed by atoms with E-state index in [4.69, 9.17) is 4.74 Å². The molecule has 0 radical (unpaired) electrons. The van der Waals surface area contributed by atoms with Crippen molar-refractivity contribution in [3.8, 4) is 5.88 Å². The van der Waals surface area contributed by atoms with Crippen LogP contribution in [0.25, 0.3) is 0 Å². The van der Waals surface area contributed by atoms with Crippen LogP contribution in [0.2, 0.25) is 0 Å². The summed E-state index contributed by atoms with van der Waals surface area (Å²) in [5, 5.41) is 9.91. The fourth-order valence-electron chi connectivity index (χ4n) is 1.62. The number of aromatic nitrogens is 2. The van der Waals surface area contributed by atoms with E-state index >= 15 is 0 Å². The van der Waals surface area contributed by atoms with Crippen LogP contribution in [-0.4, -0.2) is 22.2 Å². The number of aliphatic hydroxyl groups excluding tert-OH is 1. The highest BCUT2D eigenvalue weighted by atomic mass is 16.5. The van der Waals surface area contributed by atoms with E-state index in [1.165, 1.54) is 12.7 Å². The quantitative estimate of drug-likeness (QED) is 0.788. The zero-order chi connectivity index (χ0) is 9.97. The SMILES string of the molecule is COc1cc(C(O)C2CCC2)ncn1. The number of hydrogen-bond acceptors (Lipinski definition) is 4. The van der Waals surface area contributed by atoms with E-state index in [-0.39, 0.29) is 0 Å². The van der Waals surface area contributed by atoms with Gasteiger partial charge in [0.25, 0.3) is 0 Å². The minimum atomic E-state index is -0.458. The molecule has 1 heterocycles. The highest BCUT2D eigenvalue weighted by Crippen LogP contribution is 2.37. The lowest BCUT2D eigenvalue weighted by molar-refractivity contribution is 0.0583. The van der Waals surface area contributed by atoms with Crippen LogP contribution in [0.15, 0.2) is 12.4 Å². The van der Waals surface area contributed by atoms with Crippen molar-refractivity contribution < 1.29 is 9.84 Å². The Hall–Kier alpha value is -1.16. The van der Waals surface area contributed by atoms with Gasteiger partial charge >= 0.3 is 0 Å². The summed E-state index contributed by atoms with van der Waals surface area (Å²) in [6.07, 6.45) is 4.36. The van der Waals surface area contributed by atoms with E-state index in [1.807, 2.05) is 0 Å². The molecular weight excluding hydrogens is 180 g/mol. The second-order valence-electron chi connectivity index (χ2n) is 3.62. The first kappa shape index (κ1) is 9.40. The summed E-state index contributed by atoms with van der Waals surface area (Å²) in [6, 6.07) is 1.70. The molecule has 14 heavy (non-hydrogen) atoms. The van der Waals surface area contributed by atoms with Gasteiger partial charge in [-0.2, -0.15) is 0 Å². The molecule has 1 saturated carbocycles. The maximum Gasteiger partial charge on any atom is 0.216 e. The average Bonchev–Trinajstić information content (AvgIpc) is 2.15. The van der Waals surface area contributed by atoms with Gasteiger partial charge in [-0.15, -0.1) is 0 Å². The largest absolute Gasteiger partial charge is 0.481 e. The van der Waals surface area contributed by atoms with Crippen LogP contribution in [0.3, 0.4) is 0 Å². The van der Waals surface area contributed by atoms with Crippen LogP contribution >= 0.6 is 0 Å². The van der Waals surface area contributed by atoms with Crippen molar-refractivity contribution in [3.63, 3.8) is 0 Å². The van der Waals surface area contributed by atoms with Crippen LogP contribution in [-0.2, 0) is 0 Å². The Morgan fingerprint density at radius 2 is 2.29 bits per heavy atom. The lowest BCUT2D eigenvalue weighted by atomic mass is 9.80. The first-order valence-electron chi connectivity index (χ1n) is 4.85. The zero-order valence-electron chi connectivity index (χ0n) is 8.18. The van der Waals surface area contributed by atoms with Gasteiger partial charge in [0, 0.05) is 6.07 Å². The van der Waals surface area contributed by atoms with Gasteiger partial charge in [0.15, 0.2) is 0 Å². The molecule has 0 aliphatic heterocycles. The van der Waals surface area contributed by atoms with E-state index in [1.54, 1.807) is 13.2 Å². The Balaban J connectivity index is 2.13. The van der Waals surface area contributed by atoms with Gasteiger partial charge in [-0.1, -0.05) is 6.42 Å². The molecule has 1 N–H and O–H groups in total. The monoisotopic (exact) mass is 194 g/mol. The fraction of sp³-hybridized carbons (Fsp3) is 0.600. The molecule has 1 unspecified atom stereocenters. The number of aliphatic hydroxyl groups is 1. The van der Waals surface area contributed by atoms with Gasteiger partial charge in [-0.25, -0.2) is 9.97 Å². The molecule has 4 heteroatoms. The van der Waals surface area contributed by atoms with Gasteiger partial charge < -0.3 is 9.84 Å². The third-order valence-corrected chi connectivity index (χ3v) is 2.77. The fourth-order valence-corrected chi connectivity index (χ4v) is 1.62. The third kappa shape index (κ3) is 1.70.